The average Bonchev–Trinajstić information content (AvgIpc) is 2.66. The van der Waals surface area contributed by atoms with Gasteiger partial charge in [0, 0.05) is 23.3 Å². The minimum Gasteiger partial charge on any atom is -0.467 e. The summed E-state index contributed by atoms with van der Waals surface area (Å²) in [4.78, 5) is 36.6. The molecule has 2 aromatic carbocycles. The molecule has 29 heavy (non-hydrogen) atoms. The summed E-state index contributed by atoms with van der Waals surface area (Å²) in [6.07, 6.45) is 0.322. The predicted molar refractivity (Wildman–Crippen MR) is 115 cm³/mol. The van der Waals surface area contributed by atoms with E-state index in [9.17, 15) is 18.8 Å². The number of carbonyl (C=O) groups excluding carboxylic acids is 3. The van der Waals surface area contributed by atoms with Gasteiger partial charge < -0.3 is 15.4 Å². The zero-order valence-electron chi connectivity index (χ0n) is 16.1. The second kappa shape index (κ2) is 10.9. The molecule has 0 heterocycles. The van der Waals surface area contributed by atoms with Crippen LogP contribution in [-0.4, -0.2) is 37.0 Å². The number of nitrogens with one attached hydrogen (secondary N) is 2. The third kappa shape index (κ3) is 7.45. The van der Waals surface area contributed by atoms with Crippen molar-refractivity contribution in [1.82, 2.24) is 10.6 Å². The van der Waals surface area contributed by atoms with Crippen LogP contribution in [0.2, 0.25) is 0 Å². The van der Waals surface area contributed by atoms with Crippen molar-refractivity contribution < 1.29 is 23.5 Å². The minimum atomic E-state index is -0.961. The Balaban J connectivity index is 2.17. The molecule has 0 saturated heterocycles. The summed E-state index contributed by atoms with van der Waals surface area (Å²) in [6.45, 7) is 1.29. The lowest BCUT2D eigenvalue weighted by Gasteiger charge is -2.22. The topological polar surface area (TPSA) is 84.5 Å². The Hall–Kier alpha value is -2.49. The van der Waals surface area contributed by atoms with E-state index in [2.05, 4.69) is 33.2 Å². The van der Waals surface area contributed by atoms with Gasteiger partial charge in [-0.05, 0) is 58.0 Å². The zero-order valence-corrected chi connectivity index (χ0v) is 18.2. The molecule has 0 aromatic heterocycles. The first-order chi connectivity index (χ1) is 13.8. The molecule has 2 amide bonds. The predicted octanol–water partition coefficient (Wildman–Crippen LogP) is 2.38. The van der Waals surface area contributed by atoms with E-state index < -0.39 is 35.7 Å². The summed E-state index contributed by atoms with van der Waals surface area (Å²) >= 11 is 2.16. The van der Waals surface area contributed by atoms with Crippen LogP contribution >= 0.6 is 22.6 Å². The summed E-state index contributed by atoms with van der Waals surface area (Å²) in [5, 5.41) is 5.21. The van der Waals surface area contributed by atoms with Gasteiger partial charge in [-0.3, -0.25) is 9.59 Å². The largest absolute Gasteiger partial charge is 0.467 e. The van der Waals surface area contributed by atoms with Crippen molar-refractivity contribution in [2.75, 3.05) is 7.11 Å². The van der Waals surface area contributed by atoms with Crippen molar-refractivity contribution in [3.63, 3.8) is 0 Å². The van der Waals surface area contributed by atoms with E-state index in [4.69, 9.17) is 4.74 Å². The lowest BCUT2D eigenvalue weighted by molar-refractivity contribution is -0.145. The molecule has 0 spiro atoms. The normalized spacial score (nSPS) is 12.6. The van der Waals surface area contributed by atoms with Crippen molar-refractivity contribution in [3.05, 3.63) is 69.0 Å². The highest BCUT2D eigenvalue weighted by molar-refractivity contribution is 14.1. The maximum absolute atomic E-state index is 13.5. The first-order valence-electron chi connectivity index (χ1n) is 8.92. The lowest BCUT2D eigenvalue weighted by Crippen LogP contribution is -2.53. The van der Waals surface area contributed by atoms with Crippen LogP contribution in [0.5, 0.6) is 0 Å². The number of halogens is 2. The van der Waals surface area contributed by atoms with Gasteiger partial charge in [-0.25, -0.2) is 9.18 Å². The second-order valence-corrected chi connectivity index (χ2v) is 7.75. The van der Waals surface area contributed by atoms with Crippen LogP contribution in [0, 0.1) is 9.39 Å². The van der Waals surface area contributed by atoms with E-state index in [1.807, 2.05) is 24.3 Å². The first kappa shape index (κ1) is 22.8. The molecule has 2 aromatic rings. The molecule has 0 aliphatic heterocycles. The summed E-state index contributed by atoms with van der Waals surface area (Å²) in [7, 11) is 1.24. The number of methoxy groups -OCH3 is 1. The molecule has 2 atom stereocenters. The monoisotopic (exact) mass is 512 g/mol. The molecule has 0 radical (unpaired) electrons. The number of carbonyl (C=O) groups is 3. The average molecular weight is 512 g/mol. The number of ether oxygens (including phenoxy) is 1. The van der Waals surface area contributed by atoms with Crippen LogP contribution in [0.25, 0.3) is 0 Å². The number of rotatable bonds is 8. The summed E-state index contributed by atoms with van der Waals surface area (Å²) in [5.41, 5.74) is 1.40. The Labute approximate surface area is 182 Å². The highest BCUT2D eigenvalue weighted by Crippen LogP contribution is 2.12. The number of hydrogen-bond donors (Lipinski definition) is 2. The van der Waals surface area contributed by atoms with Gasteiger partial charge in [0.05, 0.1) is 7.11 Å². The highest BCUT2D eigenvalue weighted by atomic mass is 127. The Bertz CT molecular complexity index is 890. The number of benzene rings is 2. The van der Waals surface area contributed by atoms with Crippen LogP contribution < -0.4 is 10.6 Å². The summed E-state index contributed by atoms with van der Waals surface area (Å²) in [5.74, 6) is -1.99. The molecular weight excluding hydrogens is 490 g/mol. The molecule has 6 nitrogen and oxygen atoms in total. The van der Waals surface area contributed by atoms with Crippen LogP contribution in [0.3, 0.4) is 0 Å². The van der Waals surface area contributed by atoms with E-state index in [0.29, 0.717) is 5.56 Å². The van der Waals surface area contributed by atoms with Crippen LogP contribution in [0.1, 0.15) is 18.1 Å². The second-order valence-electron chi connectivity index (χ2n) is 6.51. The van der Waals surface area contributed by atoms with Gasteiger partial charge in [0.2, 0.25) is 11.8 Å². The first-order valence-corrected chi connectivity index (χ1v) is 10.0. The Kier molecular flexibility index (Phi) is 8.56. The van der Waals surface area contributed by atoms with E-state index in [-0.39, 0.29) is 12.8 Å². The van der Waals surface area contributed by atoms with Crippen molar-refractivity contribution in [2.45, 2.75) is 31.8 Å². The fourth-order valence-corrected chi connectivity index (χ4v) is 3.47. The molecule has 0 bridgehead atoms. The Morgan fingerprint density at radius 1 is 1.00 bits per heavy atom. The smallest absolute Gasteiger partial charge is 0.328 e. The van der Waals surface area contributed by atoms with E-state index in [1.165, 1.54) is 32.2 Å². The standard InChI is InChI=1S/C21H22FIN2O4/c1-13(26)24-18(11-14-5-3-7-16(22)9-14)20(27)25-19(21(28)29-2)12-15-6-4-8-17(23)10-15/h3-10,18-19H,11-12H2,1-2H3,(H,24,26)(H,25,27)/t18-,19+/m1/s1. The number of hydrogen-bond acceptors (Lipinski definition) is 4. The third-order valence-electron chi connectivity index (χ3n) is 4.15. The third-order valence-corrected chi connectivity index (χ3v) is 4.82. The van der Waals surface area contributed by atoms with Crippen molar-refractivity contribution in [2.24, 2.45) is 0 Å². The zero-order chi connectivity index (χ0) is 21.4. The summed E-state index contributed by atoms with van der Waals surface area (Å²) in [6, 6.07) is 11.4. The maximum atomic E-state index is 13.5. The van der Waals surface area contributed by atoms with Gasteiger partial charge in [-0.15, -0.1) is 0 Å². The molecule has 2 N–H and O–H groups in total. The van der Waals surface area contributed by atoms with Gasteiger partial charge >= 0.3 is 5.97 Å². The van der Waals surface area contributed by atoms with Gasteiger partial charge in [-0.1, -0.05) is 24.3 Å². The van der Waals surface area contributed by atoms with Crippen LogP contribution in [0.4, 0.5) is 4.39 Å². The van der Waals surface area contributed by atoms with Gasteiger partial charge in [0.15, 0.2) is 0 Å². The molecule has 0 saturated carbocycles. The fraction of sp³-hybridized carbons (Fsp3) is 0.286. The lowest BCUT2D eigenvalue weighted by atomic mass is 10.0. The molecule has 0 unspecified atom stereocenters. The molecule has 0 aliphatic rings. The van der Waals surface area contributed by atoms with Gasteiger partial charge in [0.25, 0.3) is 0 Å². The number of amides is 2. The Morgan fingerprint density at radius 3 is 2.21 bits per heavy atom. The molecule has 8 heteroatoms. The molecular formula is C21H22FIN2O4. The minimum absolute atomic E-state index is 0.0836. The van der Waals surface area contributed by atoms with Crippen molar-refractivity contribution in [3.8, 4) is 0 Å². The Morgan fingerprint density at radius 2 is 1.62 bits per heavy atom. The van der Waals surface area contributed by atoms with Crippen LogP contribution in [-0.2, 0) is 32.0 Å². The van der Waals surface area contributed by atoms with Gasteiger partial charge in [-0.2, -0.15) is 0 Å². The molecule has 0 fully saturated rings. The number of esters is 1. The highest BCUT2D eigenvalue weighted by Gasteiger charge is 2.27. The van der Waals surface area contributed by atoms with Crippen LogP contribution in [0.15, 0.2) is 48.5 Å². The van der Waals surface area contributed by atoms with Crippen molar-refractivity contribution >= 4 is 40.4 Å². The molecule has 2 rings (SSSR count). The molecule has 0 aliphatic carbocycles. The van der Waals surface area contributed by atoms with Crippen molar-refractivity contribution in [1.29, 1.82) is 0 Å². The summed E-state index contributed by atoms with van der Waals surface area (Å²) < 4.78 is 19.3. The molecule has 154 valence electrons. The van der Waals surface area contributed by atoms with E-state index in [1.54, 1.807) is 6.07 Å². The SMILES string of the molecule is COC(=O)[C@H](Cc1cccc(I)c1)NC(=O)[C@@H](Cc1cccc(F)c1)NC(C)=O. The maximum Gasteiger partial charge on any atom is 0.328 e. The van der Waals surface area contributed by atoms with Gasteiger partial charge in [0.1, 0.15) is 17.9 Å². The fourth-order valence-electron chi connectivity index (χ4n) is 2.86. The van der Waals surface area contributed by atoms with E-state index >= 15 is 0 Å². The van der Waals surface area contributed by atoms with E-state index in [0.717, 1.165) is 9.13 Å². The quantitative estimate of drug-likeness (QED) is 0.421.